The molecule has 0 aliphatic carbocycles. The van der Waals surface area contributed by atoms with Crippen LogP contribution in [0.3, 0.4) is 0 Å². The van der Waals surface area contributed by atoms with E-state index in [1.165, 1.54) is 4.90 Å². The monoisotopic (exact) mass is 442 g/mol. The lowest BCUT2D eigenvalue weighted by Crippen LogP contribution is -2.34. The minimum Gasteiger partial charge on any atom is -0.496 e. The lowest BCUT2D eigenvalue weighted by atomic mass is 10.0. The fourth-order valence-corrected chi connectivity index (χ4v) is 3.88. The predicted octanol–water partition coefficient (Wildman–Crippen LogP) is 4.90. The molecule has 0 saturated heterocycles. The van der Waals surface area contributed by atoms with Crippen molar-refractivity contribution in [2.45, 2.75) is 20.0 Å². The third-order valence-electron chi connectivity index (χ3n) is 5.38. The summed E-state index contributed by atoms with van der Waals surface area (Å²) in [7, 11) is 3.33. The molecule has 0 unspecified atom stereocenters. The van der Waals surface area contributed by atoms with Crippen molar-refractivity contribution in [3.8, 4) is 11.5 Å². The number of hydrogen-bond acceptors (Lipinski definition) is 5. The molecule has 1 aliphatic rings. The molecule has 3 aromatic rings. The van der Waals surface area contributed by atoms with E-state index >= 15 is 0 Å². The van der Waals surface area contributed by atoms with Gasteiger partial charge in [-0.3, -0.25) is 9.59 Å². The largest absolute Gasteiger partial charge is 0.496 e. The Morgan fingerprint density at radius 2 is 1.45 bits per heavy atom. The third-order valence-corrected chi connectivity index (χ3v) is 5.38. The van der Waals surface area contributed by atoms with Crippen LogP contribution in [0.4, 0.5) is 11.4 Å². The average Bonchev–Trinajstić information content (AvgIpc) is 3.09. The first-order valence-corrected chi connectivity index (χ1v) is 10.7. The zero-order chi connectivity index (χ0) is 23.5. The van der Waals surface area contributed by atoms with Gasteiger partial charge in [-0.1, -0.05) is 36.4 Å². The second kappa shape index (κ2) is 9.20. The Kier molecular flexibility index (Phi) is 6.18. The number of para-hydroxylation sites is 2. The summed E-state index contributed by atoms with van der Waals surface area (Å²) in [5, 5.41) is 0. The summed E-state index contributed by atoms with van der Waals surface area (Å²) in [5.41, 5.74) is 2.43. The van der Waals surface area contributed by atoms with Gasteiger partial charge in [0.05, 0.1) is 24.5 Å². The summed E-state index contributed by atoms with van der Waals surface area (Å²) < 4.78 is 11.2. The molecule has 6 heteroatoms. The van der Waals surface area contributed by atoms with E-state index in [0.717, 1.165) is 5.69 Å². The Hall–Kier alpha value is -4.06. The van der Waals surface area contributed by atoms with E-state index in [1.54, 1.807) is 55.5 Å². The van der Waals surface area contributed by atoms with Gasteiger partial charge in [0, 0.05) is 18.3 Å². The summed E-state index contributed by atoms with van der Waals surface area (Å²) in [6, 6.07) is 23.7. The summed E-state index contributed by atoms with van der Waals surface area (Å²) in [6.45, 7) is 3.88. The lowest BCUT2D eigenvalue weighted by molar-refractivity contribution is -0.120. The normalized spacial score (nSPS) is 13.7. The van der Waals surface area contributed by atoms with Gasteiger partial charge < -0.3 is 14.4 Å². The SMILES string of the molecule is COc1ccccc1C1=C(N(C)c2ccccc2)C(=O)N(c2ccc(OC(C)C)cc2)C1=O. The van der Waals surface area contributed by atoms with Crippen LogP contribution in [0.25, 0.3) is 5.57 Å². The van der Waals surface area contributed by atoms with Gasteiger partial charge in [0.2, 0.25) is 0 Å². The molecule has 0 N–H and O–H groups in total. The van der Waals surface area contributed by atoms with Gasteiger partial charge in [0.1, 0.15) is 17.2 Å². The third kappa shape index (κ3) is 4.20. The van der Waals surface area contributed by atoms with Gasteiger partial charge in [0.15, 0.2) is 0 Å². The van der Waals surface area contributed by atoms with Gasteiger partial charge in [0.25, 0.3) is 11.8 Å². The van der Waals surface area contributed by atoms with E-state index in [2.05, 4.69) is 0 Å². The maximum atomic E-state index is 13.7. The number of amides is 2. The van der Waals surface area contributed by atoms with Crippen molar-refractivity contribution in [1.29, 1.82) is 0 Å². The van der Waals surface area contributed by atoms with Crippen molar-refractivity contribution in [2.24, 2.45) is 0 Å². The number of rotatable bonds is 7. The number of anilines is 2. The second-order valence-electron chi connectivity index (χ2n) is 7.92. The summed E-state index contributed by atoms with van der Waals surface area (Å²) in [5.74, 6) is 0.395. The van der Waals surface area contributed by atoms with E-state index in [-0.39, 0.29) is 6.10 Å². The van der Waals surface area contributed by atoms with E-state index in [1.807, 2.05) is 56.3 Å². The first-order valence-electron chi connectivity index (χ1n) is 10.7. The number of methoxy groups -OCH3 is 1. The molecule has 3 aromatic carbocycles. The molecule has 0 atom stereocenters. The Bertz CT molecular complexity index is 1200. The van der Waals surface area contributed by atoms with Crippen LogP contribution in [-0.4, -0.2) is 32.1 Å². The second-order valence-corrected chi connectivity index (χ2v) is 7.92. The van der Waals surface area contributed by atoms with E-state index < -0.39 is 11.8 Å². The van der Waals surface area contributed by atoms with Crippen molar-refractivity contribution in [1.82, 2.24) is 0 Å². The van der Waals surface area contributed by atoms with Gasteiger partial charge in [-0.15, -0.1) is 0 Å². The van der Waals surface area contributed by atoms with Crippen molar-refractivity contribution in [3.63, 3.8) is 0 Å². The Morgan fingerprint density at radius 1 is 0.818 bits per heavy atom. The molecular weight excluding hydrogens is 416 g/mol. The minimum absolute atomic E-state index is 0.0239. The van der Waals surface area contributed by atoms with Crippen LogP contribution >= 0.6 is 0 Å². The van der Waals surface area contributed by atoms with Crippen LogP contribution in [-0.2, 0) is 9.59 Å². The highest BCUT2D eigenvalue weighted by atomic mass is 16.5. The van der Waals surface area contributed by atoms with E-state index in [4.69, 9.17) is 9.47 Å². The maximum Gasteiger partial charge on any atom is 0.282 e. The van der Waals surface area contributed by atoms with Gasteiger partial charge >= 0.3 is 0 Å². The standard InChI is InChI=1S/C27H26N2O4/c1-18(2)33-21-16-14-20(15-17-21)29-26(30)24(22-12-8-9-13-23(22)32-4)25(27(29)31)28(3)19-10-6-5-7-11-19/h5-18H,1-4H3. The topological polar surface area (TPSA) is 59.1 Å². The van der Waals surface area contributed by atoms with Crippen LogP contribution in [0.15, 0.2) is 84.6 Å². The number of nitrogens with zero attached hydrogens (tertiary/aromatic N) is 2. The Balaban J connectivity index is 1.83. The Morgan fingerprint density at radius 3 is 2.09 bits per heavy atom. The molecule has 0 fully saturated rings. The summed E-state index contributed by atoms with van der Waals surface area (Å²) in [6.07, 6.45) is 0.0239. The zero-order valence-electron chi connectivity index (χ0n) is 19.1. The van der Waals surface area contributed by atoms with E-state index in [9.17, 15) is 9.59 Å². The number of carbonyl (C=O) groups excluding carboxylic acids is 2. The fraction of sp³-hybridized carbons (Fsp3) is 0.185. The smallest absolute Gasteiger partial charge is 0.282 e. The van der Waals surface area contributed by atoms with Crippen LogP contribution in [0, 0.1) is 0 Å². The molecule has 4 rings (SSSR count). The predicted molar refractivity (Wildman–Crippen MR) is 129 cm³/mol. The number of ether oxygens (including phenoxy) is 2. The highest BCUT2D eigenvalue weighted by Gasteiger charge is 2.43. The van der Waals surface area contributed by atoms with Crippen LogP contribution < -0.4 is 19.3 Å². The molecule has 0 bridgehead atoms. The van der Waals surface area contributed by atoms with Crippen molar-refractivity contribution in [3.05, 3.63) is 90.1 Å². The van der Waals surface area contributed by atoms with Crippen LogP contribution in [0.2, 0.25) is 0 Å². The Labute approximate surface area is 193 Å². The van der Waals surface area contributed by atoms with Gasteiger partial charge in [-0.25, -0.2) is 4.90 Å². The van der Waals surface area contributed by atoms with Crippen LogP contribution in [0.1, 0.15) is 19.4 Å². The molecule has 168 valence electrons. The first kappa shape index (κ1) is 22.1. The summed E-state index contributed by atoms with van der Waals surface area (Å²) in [4.78, 5) is 30.4. The zero-order valence-corrected chi connectivity index (χ0v) is 19.1. The molecule has 0 spiro atoms. The number of imide groups is 1. The fourth-order valence-electron chi connectivity index (χ4n) is 3.88. The van der Waals surface area contributed by atoms with Crippen molar-refractivity contribution in [2.75, 3.05) is 24.0 Å². The van der Waals surface area contributed by atoms with Crippen LogP contribution in [0.5, 0.6) is 11.5 Å². The number of benzene rings is 3. The molecule has 0 radical (unpaired) electrons. The highest BCUT2D eigenvalue weighted by molar-refractivity contribution is 6.46. The molecule has 0 saturated carbocycles. The quantitative estimate of drug-likeness (QED) is 0.487. The molecule has 1 heterocycles. The van der Waals surface area contributed by atoms with Crippen molar-refractivity contribution >= 4 is 28.8 Å². The van der Waals surface area contributed by atoms with E-state index in [0.29, 0.717) is 34.0 Å². The number of hydrogen-bond donors (Lipinski definition) is 0. The van der Waals surface area contributed by atoms with Gasteiger partial charge in [-0.2, -0.15) is 0 Å². The summed E-state index contributed by atoms with van der Waals surface area (Å²) >= 11 is 0. The first-order chi connectivity index (χ1) is 15.9. The molecule has 33 heavy (non-hydrogen) atoms. The maximum absolute atomic E-state index is 13.7. The minimum atomic E-state index is -0.403. The lowest BCUT2D eigenvalue weighted by Gasteiger charge is -2.22. The molecular formula is C27H26N2O4. The molecule has 0 aromatic heterocycles. The molecule has 1 aliphatic heterocycles. The van der Waals surface area contributed by atoms with Crippen molar-refractivity contribution < 1.29 is 19.1 Å². The molecule has 2 amide bonds. The van der Waals surface area contributed by atoms with Gasteiger partial charge in [-0.05, 0) is 56.3 Å². The highest BCUT2D eigenvalue weighted by Crippen LogP contribution is 2.39. The number of carbonyl (C=O) groups is 2. The average molecular weight is 443 g/mol. The molecule has 6 nitrogen and oxygen atoms in total. The number of likely N-dealkylation sites (N-methyl/N-ethyl adjacent to an activating group) is 1.